The van der Waals surface area contributed by atoms with Gasteiger partial charge in [0.15, 0.2) is 10.6 Å². The van der Waals surface area contributed by atoms with E-state index in [1.54, 1.807) is 11.3 Å². The number of carbonyl (C=O) groups excluding carboxylic acids is 1. The minimum atomic E-state index is -0.152. The maximum Gasteiger partial charge on any atom is 0.307 e. The Kier molecular flexibility index (Phi) is 6.76. The SMILES string of the molecule is CCOC(=O)CCN(Cn1nc(-c2cccs2)n(Cc2ccccc2)c1=S)C1CC1. The third-order valence-electron chi connectivity index (χ3n) is 5.14. The van der Waals surface area contributed by atoms with Crippen LogP contribution in [0.25, 0.3) is 10.7 Å². The van der Waals surface area contributed by atoms with Gasteiger partial charge >= 0.3 is 5.97 Å². The van der Waals surface area contributed by atoms with Crippen molar-refractivity contribution in [3.05, 3.63) is 58.2 Å². The van der Waals surface area contributed by atoms with Crippen LogP contribution in [-0.4, -0.2) is 44.4 Å². The lowest BCUT2D eigenvalue weighted by Crippen LogP contribution is -2.31. The van der Waals surface area contributed by atoms with E-state index in [0.717, 1.165) is 23.5 Å². The first kappa shape index (κ1) is 21.0. The first-order valence-electron chi connectivity index (χ1n) is 10.3. The molecule has 6 nitrogen and oxygen atoms in total. The van der Waals surface area contributed by atoms with Crippen molar-refractivity contribution in [2.75, 3.05) is 13.2 Å². The lowest BCUT2D eigenvalue weighted by Gasteiger charge is -2.21. The van der Waals surface area contributed by atoms with Crippen LogP contribution < -0.4 is 0 Å². The lowest BCUT2D eigenvalue weighted by molar-refractivity contribution is -0.143. The van der Waals surface area contributed by atoms with E-state index < -0.39 is 0 Å². The monoisotopic (exact) mass is 442 g/mol. The summed E-state index contributed by atoms with van der Waals surface area (Å²) < 4.78 is 9.80. The molecule has 0 bridgehead atoms. The second-order valence-corrected chi connectivity index (χ2v) is 8.71. The van der Waals surface area contributed by atoms with Gasteiger partial charge in [-0.05, 0) is 49.0 Å². The van der Waals surface area contributed by atoms with Crippen LogP contribution in [0, 0.1) is 4.77 Å². The quantitative estimate of drug-likeness (QED) is 0.340. The van der Waals surface area contributed by atoms with Crippen LogP contribution in [0.1, 0.15) is 31.7 Å². The molecule has 1 saturated carbocycles. The summed E-state index contributed by atoms with van der Waals surface area (Å²) in [5, 5.41) is 6.95. The van der Waals surface area contributed by atoms with Crippen LogP contribution in [0.15, 0.2) is 47.8 Å². The Labute approximate surface area is 185 Å². The van der Waals surface area contributed by atoms with Gasteiger partial charge in [-0.25, -0.2) is 4.68 Å². The molecule has 1 aliphatic rings. The van der Waals surface area contributed by atoms with Gasteiger partial charge in [-0.2, -0.15) is 0 Å². The number of carbonyl (C=O) groups is 1. The number of hydrogen-bond acceptors (Lipinski definition) is 6. The smallest absolute Gasteiger partial charge is 0.307 e. The number of thiophene rings is 1. The van der Waals surface area contributed by atoms with E-state index in [2.05, 4.69) is 33.0 Å². The zero-order chi connectivity index (χ0) is 20.9. The molecule has 3 aromatic rings. The van der Waals surface area contributed by atoms with Crippen LogP contribution in [0.4, 0.5) is 0 Å². The molecule has 4 rings (SSSR count). The molecule has 2 aromatic heterocycles. The Morgan fingerprint density at radius 1 is 1.27 bits per heavy atom. The zero-order valence-electron chi connectivity index (χ0n) is 17.1. The predicted octanol–water partition coefficient (Wildman–Crippen LogP) is 4.57. The number of benzene rings is 1. The minimum absolute atomic E-state index is 0.152. The molecule has 0 spiro atoms. The summed E-state index contributed by atoms with van der Waals surface area (Å²) in [6.45, 7) is 4.18. The Morgan fingerprint density at radius 2 is 2.07 bits per heavy atom. The Morgan fingerprint density at radius 3 is 2.73 bits per heavy atom. The van der Waals surface area contributed by atoms with Crippen molar-refractivity contribution >= 4 is 29.5 Å². The van der Waals surface area contributed by atoms with Gasteiger partial charge in [0.2, 0.25) is 0 Å². The van der Waals surface area contributed by atoms with Crippen molar-refractivity contribution in [3.8, 4) is 10.7 Å². The largest absolute Gasteiger partial charge is 0.466 e. The average molecular weight is 443 g/mol. The van der Waals surface area contributed by atoms with Crippen LogP contribution >= 0.6 is 23.6 Å². The van der Waals surface area contributed by atoms with Gasteiger partial charge < -0.3 is 4.74 Å². The van der Waals surface area contributed by atoms with Crippen molar-refractivity contribution in [1.29, 1.82) is 0 Å². The fraction of sp³-hybridized carbons (Fsp3) is 0.409. The summed E-state index contributed by atoms with van der Waals surface area (Å²) in [6, 6.07) is 14.9. The van der Waals surface area contributed by atoms with E-state index in [9.17, 15) is 4.79 Å². The highest BCUT2D eigenvalue weighted by molar-refractivity contribution is 7.71. The number of rotatable bonds is 10. The normalized spacial score (nSPS) is 13.7. The van der Waals surface area contributed by atoms with Gasteiger partial charge in [0.05, 0.1) is 31.1 Å². The number of hydrogen-bond donors (Lipinski definition) is 0. The fourth-order valence-corrected chi connectivity index (χ4v) is 4.45. The molecule has 0 amide bonds. The molecule has 158 valence electrons. The van der Waals surface area contributed by atoms with Crippen molar-refractivity contribution in [2.24, 2.45) is 0 Å². The van der Waals surface area contributed by atoms with E-state index in [1.165, 1.54) is 5.56 Å². The molecule has 1 fully saturated rings. The number of aromatic nitrogens is 3. The van der Waals surface area contributed by atoms with Gasteiger partial charge in [-0.3, -0.25) is 14.3 Å². The molecule has 8 heteroatoms. The van der Waals surface area contributed by atoms with Crippen molar-refractivity contribution in [1.82, 2.24) is 19.2 Å². The third-order valence-corrected chi connectivity index (χ3v) is 6.43. The maximum absolute atomic E-state index is 11.8. The highest BCUT2D eigenvalue weighted by Crippen LogP contribution is 2.29. The van der Waals surface area contributed by atoms with Crippen LogP contribution in [-0.2, 0) is 22.7 Å². The van der Waals surface area contributed by atoms with Crippen molar-refractivity contribution < 1.29 is 9.53 Å². The van der Waals surface area contributed by atoms with Gasteiger partial charge in [0.25, 0.3) is 0 Å². The van der Waals surface area contributed by atoms with Gasteiger partial charge in [-0.1, -0.05) is 36.4 Å². The molecule has 0 unspecified atom stereocenters. The molecule has 0 atom stereocenters. The average Bonchev–Trinajstić information content (AvgIpc) is 3.37. The highest BCUT2D eigenvalue weighted by Gasteiger charge is 2.30. The van der Waals surface area contributed by atoms with E-state index in [1.807, 2.05) is 35.9 Å². The Hall–Kier alpha value is -2.29. The van der Waals surface area contributed by atoms with Crippen LogP contribution in [0.2, 0.25) is 0 Å². The Balaban J connectivity index is 1.59. The molecule has 0 N–H and O–H groups in total. The predicted molar refractivity (Wildman–Crippen MR) is 121 cm³/mol. The van der Waals surface area contributed by atoms with Crippen LogP contribution in [0.5, 0.6) is 0 Å². The first-order valence-corrected chi connectivity index (χ1v) is 11.6. The standard InChI is InChI=1S/C22H26N4O2S2/c1-2-28-20(27)12-13-24(18-10-11-18)16-26-22(29)25(15-17-7-4-3-5-8-17)21(23-26)19-9-6-14-30-19/h3-9,14,18H,2,10-13,15-16H2,1H3. The maximum atomic E-state index is 11.8. The molecular formula is C22H26N4O2S2. The summed E-state index contributed by atoms with van der Waals surface area (Å²) in [5.74, 6) is 0.737. The number of nitrogens with zero attached hydrogens (tertiary/aromatic N) is 4. The first-order chi connectivity index (χ1) is 14.7. The minimum Gasteiger partial charge on any atom is -0.466 e. The van der Waals surface area contributed by atoms with Gasteiger partial charge in [-0.15, -0.1) is 16.4 Å². The van der Waals surface area contributed by atoms with Crippen molar-refractivity contribution in [3.63, 3.8) is 0 Å². The molecule has 2 heterocycles. The topological polar surface area (TPSA) is 52.3 Å². The molecule has 0 saturated heterocycles. The summed E-state index contributed by atoms with van der Waals surface area (Å²) in [7, 11) is 0. The zero-order valence-corrected chi connectivity index (χ0v) is 18.7. The molecular weight excluding hydrogens is 416 g/mol. The van der Waals surface area contributed by atoms with E-state index in [4.69, 9.17) is 22.1 Å². The van der Waals surface area contributed by atoms with E-state index in [0.29, 0.717) is 43.6 Å². The third kappa shape index (κ3) is 5.06. The van der Waals surface area contributed by atoms with E-state index in [-0.39, 0.29) is 5.97 Å². The fourth-order valence-electron chi connectivity index (χ4n) is 3.48. The van der Waals surface area contributed by atoms with E-state index >= 15 is 0 Å². The summed E-state index contributed by atoms with van der Waals surface area (Å²) in [4.78, 5) is 15.2. The van der Waals surface area contributed by atoms with Gasteiger partial charge in [0.1, 0.15) is 0 Å². The number of esters is 1. The summed E-state index contributed by atoms with van der Waals surface area (Å²) in [6.07, 6.45) is 2.69. The summed E-state index contributed by atoms with van der Waals surface area (Å²) in [5.41, 5.74) is 1.19. The number of ether oxygens (including phenoxy) is 1. The van der Waals surface area contributed by atoms with Gasteiger partial charge in [0, 0.05) is 12.6 Å². The Bertz CT molecular complexity index is 1020. The molecule has 0 radical (unpaired) electrons. The van der Waals surface area contributed by atoms with Crippen molar-refractivity contribution in [2.45, 2.75) is 45.4 Å². The molecule has 1 aromatic carbocycles. The highest BCUT2D eigenvalue weighted by atomic mass is 32.1. The summed E-state index contributed by atoms with van der Waals surface area (Å²) >= 11 is 7.50. The lowest BCUT2D eigenvalue weighted by atomic mass is 10.2. The second kappa shape index (κ2) is 9.68. The molecule has 0 aliphatic heterocycles. The molecule has 30 heavy (non-hydrogen) atoms. The second-order valence-electron chi connectivity index (χ2n) is 7.39. The van der Waals surface area contributed by atoms with Crippen LogP contribution in [0.3, 0.4) is 0 Å². The molecule has 1 aliphatic carbocycles.